The molecule has 4 aromatic rings. The molecule has 3 N–H and O–H groups in total. The van der Waals surface area contributed by atoms with Gasteiger partial charge in [-0.05, 0) is 48.5 Å². The number of hydrogen-bond donors (Lipinski definition) is 3. The SMILES string of the molecule is CC(C)(C)c1cc(NC(=O)Nc2ccc(Oc3cc(NCCN4CCOCC4)ncn3)cc2)n(-c2ccc(F)cc2)n1. The topological polar surface area (TPSA) is 118 Å². The molecular weight excluding hydrogens is 539 g/mol. The third-order valence-electron chi connectivity index (χ3n) is 6.61. The fourth-order valence-electron chi connectivity index (χ4n) is 4.28. The lowest BCUT2D eigenvalue weighted by Gasteiger charge is -2.26. The molecule has 0 bridgehead atoms. The van der Waals surface area contributed by atoms with Gasteiger partial charge in [0.25, 0.3) is 0 Å². The van der Waals surface area contributed by atoms with Gasteiger partial charge in [-0.2, -0.15) is 5.10 Å². The maximum absolute atomic E-state index is 13.5. The number of rotatable bonds is 9. The Labute approximate surface area is 244 Å². The standard InChI is InChI=1S/C30H35FN8O3/c1-30(2,3)25-18-27(39(37-25)23-8-4-21(31)5-9-23)36-29(40)35-22-6-10-24(11-7-22)42-28-19-26(33-20-34-28)32-12-13-38-14-16-41-17-15-38/h4-11,18-20H,12-17H2,1-3H3,(H,32,33,34)(H2,35,36,40). The van der Waals surface area contributed by atoms with Gasteiger partial charge >= 0.3 is 6.03 Å². The van der Waals surface area contributed by atoms with Gasteiger partial charge < -0.3 is 20.1 Å². The number of hydrogen-bond acceptors (Lipinski definition) is 8. The quantitative estimate of drug-likeness (QED) is 0.247. The Morgan fingerprint density at radius 2 is 1.74 bits per heavy atom. The lowest BCUT2D eigenvalue weighted by Crippen LogP contribution is -2.39. The van der Waals surface area contributed by atoms with Gasteiger partial charge in [0, 0.05) is 49.4 Å². The molecule has 0 atom stereocenters. The Morgan fingerprint density at radius 3 is 2.45 bits per heavy atom. The molecule has 0 radical (unpaired) electrons. The molecule has 0 aliphatic carbocycles. The predicted molar refractivity (Wildman–Crippen MR) is 159 cm³/mol. The van der Waals surface area contributed by atoms with E-state index in [1.165, 1.54) is 18.5 Å². The van der Waals surface area contributed by atoms with Crippen molar-refractivity contribution in [2.45, 2.75) is 26.2 Å². The Bertz CT molecular complexity index is 1480. The van der Waals surface area contributed by atoms with E-state index in [-0.39, 0.29) is 11.2 Å². The number of nitrogens with zero attached hydrogens (tertiary/aromatic N) is 5. The molecule has 0 spiro atoms. The molecule has 1 saturated heterocycles. The lowest BCUT2D eigenvalue weighted by atomic mass is 9.92. The number of halogens is 1. The molecule has 42 heavy (non-hydrogen) atoms. The first-order valence-corrected chi connectivity index (χ1v) is 13.8. The number of ether oxygens (including phenoxy) is 2. The van der Waals surface area contributed by atoms with Gasteiger partial charge in [0.15, 0.2) is 0 Å². The maximum atomic E-state index is 13.5. The lowest BCUT2D eigenvalue weighted by molar-refractivity contribution is 0.0398. The van der Waals surface area contributed by atoms with Crippen LogP contribution in [0.25, 0.3) is 5.69 Å². The molecule has 5 rings (SSSR count). The van der Waals surface area contributed by atoms with Crippen LogP contribution in [0.1, 0.15) is 26.5 Å². The summed E-state index contributed by atoms with van der Waals surface area (Å²) in [7, 11) is 0. The summed E-state index contributed by atoms with van der Waals surface area (Å²) in [4.78, 5) is 23.7. The van der Waals surface area contributed by atoms with Crippen LogP contribution in [0.3, 0.4) is 0 Å². The number of amides is 2. The highest BCUT2D eigenvalue weighted by molar-refractivity contribution is 5.99. The molecule has 12 heteroatoms. The van der Waals surface area contributed by atoms with E-state index in [1.54, 1.807) is 47.1 Å². The fraction of sp³-hybridized carbons (Fsp3) is 0.333. The van der Waals surface area contributed by atoms with Crippen molar-refractivity contribution in [3.63, 3.8) is 0 Å². The van der Waals surface area contributed by atoms with Gasteiger partial charge in [0.2, 0.25) is 5.88 Å². The second-order valence-corrected chi connectivity index (χ2v) is 10.9. The first-order valence-electron chi connectivity index (χ1n) is 13.8. The Morgan fingerprint density at radius 1 is 1.00 bits per heavy atom. The summed E-state index contributed by atoms with van der Waals surface area (Å²) in [5.41, 5.74) is 1.72. The van der Waals surface area contributed by atoms with Crippen molar-refractivity contribution in [3.8, 4) is 17.3 Å². The fourth-order valence-corrected chi connectivity index (χ4v) is 4.28. The van der Waals surface area contributed by atoms with Gasteiger partial charge in [-0.3, -0.25) is 10.2 Å². The second kappa shape index (κ2) is 13.0. The number of nitrogens with one attached hydrogen (secondary N) is 3. The zero-order valence-corrected chi connectivity index (χ0v) is 23.9. The van der Waals surface area contributed by atoms with Gasteiger partial charge in [-0.25, -0.2) is 23.8 Å². The van der Waals surface area contributed by atoms with Crippen molar-refractivity contribution in [1.29, 1.82) is 0 Å². The van der Waals surface area contributed by atoms with E-state index in [2.05, 4.69) is 35.9 Å². The van der Waals surface area contributed by atoms with Crippen molar-refractivity contribution >= 4 is 23.4 Å². The zero-order chi connectivity index (χ0) is 29.5. The first kappa shape index (κ1) is 29.0. The number of anilines is 3. The summed E-state index contributed by atoms with van der Waals surface area (Å²) in [6.07, 6.45) is 1.45. The highest BCUT2D eigenvalue weighted by Gasteiger charge is 2.21. The highest BCUT2D eigenvalue weighted by atomic mass is 19.1. The largest absolute Gasteiger partial charge is 0.439 e. The molecule has 0 saturated carbocycles. The Hall–Kier alpha value is -4.55. The van der Waals surface area contributed by atoms with Crippen molar-refractivity contribution in [1.82, 2.24) is 24.6 Å². The van der Waals surface area contributed by atoms with Crippen LogP contribution in [0, 0.1) is 5.82 Å². The summed E-state index contributed by atoms with van der Waals surface area (Å²) in [6, 6.07) is 16.0. The van der Waals surface area contributed by atoms with Crippen LogP contribution in [0.15, 0.2) is 67.0 Å². The number of aromatic nitrogens is 4. The number of urea groups is 1. The first-order chi connectivity index (χ1) is 20.2. The summed E-state index contributed by atoms with van der Waals surface area (Å²) in [6.45, 7) is 11.2. The van der Waals surface area contributed by atoms with E-state index < -0.39 is 6.03 Å². The van der Waals surface area contributed by atoms with E-state index in [1.807, 2.05) is 26.8 Å². The van der Waals surface area contributed by atoms with Crippen molar-refractivity contribution in [2.75, 3.05) is 55.3 Å². The van der Waals surface area contributed by atoms with Crippen LogP contribution in [0.5, 0.6) is 11.6 Å². The average Bonchev–Trinajstić information content (AvgIpc) is 3.40. The summed E-state index contributed by atoms with van der Waals surface area (Å²) < 4.78 is 26.4. The molecule has 1 aliphatic rings. The average molecular weight is 575 g/mol. The third-order valence-corrected chi connectivity index (χ3v) is 6.61. The summed E-state index contributed by atoms with van der Waals surface area (Å²) >= 11 is 0. The molecule has 1 aliphatic heterocycles. The van der Waals surface area contributed by atoms with Crippen LogP contribution in [0.4, 0.5) is 26.5 Å². The van der Waals surface area contributed by atoms with E-state index in [9.17, 15) is 9.18 Å². The van der Waals surface area contributed by atoms with Crippen LogP contribution in [-0.2, 0) is 10.2 Å². The van der Waals surface area contributed by atoms with E-state index in [0.717, 1.165) is 45.1 Å². The molecule has 3 heterocycles. The van der Waals surface area contributed by atoms with Gasteiger partial charge in [0.1, 0.15) is 29.5 Å². The molecular formula is C30H35FN8O3. The maximum Gasteiger partial charge on any atom is 0.324 e. The van der Waals surface area contributed by atoms with Gasteiger partial charge in [-0.1, -0.05) is 20.8 Å². The van der Waals surface area contributed by atoms with E-state index in [0.29, 0.717) is 34.6 Å². The second-order valence-electron chi connectivity index (χ2n) is 10.9. The number of morpholine rings is 1. The van der Waals surface area contributed by atoms with Crippen molar-refractivity contribution in [2.24, 2.45) is 0 Å². The Balaban J connectivity index is 1.17. The minimum absolute atomic E-state index is 0.253. The van der Waals surface area contributed by atoms with Crippen LogP contribution in [0.2, 0.25) is 0 Å². The van der Waals surface area contributed by atoms with Gasteiger partial charge in [0.05, 0.1) is 24.6 Å². The molecule has 0 unspecified atom stereocenters. The number of benzene rings is 2. The molecule has 1 fully saturated rings. The Kier molecular flexibility index (Phi) is 8.94. The van der Waals surface area contributed by atoms with Crippen LogP contribution < -0.4 is 20.7 Å². The van der Waals surface area contributed by atoms with Crippen molar-refractivity contribution < 1.29 is 18.7 Å². The van der Waals surface area contributed by atoms with Gasteiger partial charge in [-0.15, -0.1) is 0 Å². The van der Waals surface area contributed by atoms with Crippen molar-refractivity contribution in [3.05, 3.63) is 78.5 Å². The number of carbonyl (C=O) groups is 1. The third kappa shape index (κ3) is 7.80. The minimum Gasteiger partial charge on any atom is -0.439 e. The smallest absolute Gasteiger partial charge is 0.324 e. The minimum atomic E-state index is -0.448. The number of carbonyl (C=O) groups excluding carboxylic acids is 1. The zero-order valence-electron chi connectivity index (χ0n) is 23.9. The summed E-state index contributed by atoms with van der Waals surface area (Å²) in [5, 5.41) is 13.6. The molecule has 2 amide bonds. The summed E-state index contributed by atoms with van der Waals surface area (Å²) in [5.74, 6) is 1.75. The monoisotopic (exact) mass is 574 g/mol. The van der Waals surface area contributed by atoms with E-state index >= 15 is 0 Å². The predicted octanol–water partition coefficient (Wildman–Crippen LogP) is 5.28. The normalized spacial score (nSPS) is 13.9. The molecule has 220 valence electrons. The molecule has 2 aromatic heterocycles. The van der Waals surface area contributed by atoms with E-state index in [4.69, 9.17) is 9.47 Å². The molecule has 2 aromatic carbocycles. The van der Waals surface area contributed by atoms with Crippen LogP contribution >= 0.6 is 0 Å². The molecule has 11 nitrogen and oxygen atoms in total. The van der Waals surface area contributed by atoms with Crippen LogP contribution in [-0.4, -0.2) is 70.1 Å². The highest BCUT2D eigenvalue weighted by Crippen LogP contribution is 2.27.